The minimum absolute atomic E-state index is 0.00874. The Labute approximate surface area is 165 Å². The van der Waals surface area contributed by atoms with Crippen molar-refractivity contribution in [2.75, 3.05) is 13.2 Å². The quantitative estimate of drug-likeness (QED) is 0.718. The van der Waals surface area contributed by atoms with Crippen molar-refractivity contribution in [1.29, 1.82) is 0 Å². The highest BCUT2D eigenvalue weighted by Crippen LogP contribution is 2.16. The molecule has 0 saturated carbocycles. The molecule has 5 nitrogen and oxygen atoms in total. The first kappa shape index (κ1) is 21.4. The molecular formula is C22H27FN2O3. The maximum Gasteiger partial charge on any atom is 0.261 e. The number of benzene rings is 2. The molecule has 150 valence electrons. The summed E-state index contributed by atoms with van der Waals surface area (Å²) in [5.74, 6) is -1.14. The van der Waals surface area contributed by atoms with E-state index < -0.39 is 11.9 Å². The maximum atomic E-state index is 13.7. The van der Waals surface area contributed by atoms with Gasteiger partial charge in [0.25, 0.3) is 5.91 Å². The second-order valence-electron chi connectivity index (χ2n) is 6.70. The molecule has 0 spiro atoms. The molecule has 0 bridgehead atoms. The van der Waals surface area contributed by atoms with Crippen LogP contribution in [0, 0.1) is 12.7 Å². The van der Waals surface area contributed by atoms with E-state index in [4.69, 9.17) is 4.74 Å². The lowest BCUT2D eigenvalue weighted by Crippen LogP contribution is -2.49. The van der Waals surface area contributed by atoms with Crippen molar-refractivity contribution in [2.45, 2.75) is 39.8 Å². The topological polar surface area (TPSA) is 58.6 Å². The van der Waals surface area contributed by atoms with E-state index in [1.807, 2.05) is 38.1 Å². The van der Waals surface area contributed by atoms with E-state index in [0.29, 0.717) is 6.54 Å². The molecule has 2 rings (SSSR count). The van der Waals surface area contributed by atoms with Gasteiger partial charge in [-0.05, 0) is 38.0 Å². The normalized spacial score (nSPS) is 11.6. The van der Waals surface area contributed by atoms with Crippen molar-refractivity contribution in [1.82, 2.24) is 10.2 Å². The summed E-state index contributed by atoms with van der Waals surface area (Å²) in [5, 5.41) is 2.81. The zero-order valence-electron chi connectivity index (χ0n) is 16.6. The summed E-state index contributed by atoms with van der Waals surface area (Å²) in [6.07, 6.45) is 0.806. The lowest BCUT2D eigenvalue weighted by molar-refractivity contribution is -0.142. The summed E-state index contributed by atoms with van der Waals surface area (Å²) in [6, 6.07) is 13.0. The van der Waals surface area contributed by atoms with E-state index in [0.717, 1.165) is 17.5 Å². The van der Waals surface area contributed by atoms with Crippen LogP contribution in [0.5, 0.6) is 5.75 Å². The van der Waals surface area contributed by atoms with Crippen molar-refractivity contribution in [2.24, 2.45) is 0 Å². The second kappa shape index (κ2) is 10.4. The number of carbonyl (C=O) groups excluding carboxylic acids is 2. The molecule has 1 N–H and O–H groups in total. The Balaban J connectivity index is 2.14. The zero-order chi connectivity index (χ0) is 20.5. The minimum Gasteiger partial charge on any atom is -0.481 e. The van der Waals surface area contributed by atoms with Gasteiger partial charge in [0.15, 0.2) is 18.2 Å². The molecule has 2 amide bonds. The van der Waals surface area contributed by atoms with Crippen LogP contribution in [0.4, 0.5) is 4.39 Å². The van der Waals surface area contributed by atoms with Gasteiger partial charge in [-0.15, -0.1) is 0 Å². The van der Waals surface area contributed by atoms with Crippen molar-refractivity contribution in [3.05, 3.63) is 65.5 Å². The highest BCUT2D eigenvalue weighted by atomic mass is 19.1. The predicted molar refractivity (Wildman–Crippen MR) is 106 cm³/mol. The molecule has 0 radical (unpaired) electrons. The van der Waals surface area contributed by atoms with Gasteiger partial charge >= 0.3 is 0 Å². The van der Waals surface area contributed by atoms with E-state index in [2.05, 4.69) is 5.32 Å². The smallest absolute Gasteiger partial charge is 0.261 e. The van der Waals surface area contributed by atoms with Crippen LogP contribution in [-0.2, 0) is 16.1 Å². The van der Waals surface area contributed by atoms with Crippen LogP contribution in [0.1, 0.15) is 31.4 Å². The fraction of sp³-hybridized carbons (Fsp3) is 0.364. The molecule has 2 aromatic rings. The standard InChI is InChI=1S/C22H27FN2O3/c1-4-12-24-22(27)17(3)25(14-18-9-7-8-16(2)13-18)21(26)15-28-20-11-6-5-10-19(20)23/h5-11,13,17H,4,12,14-15H2,1-3H3,(H,24,27). The first-order chi connectivity index (χ1) is 13.4. The van der Waals surface area contributed by atoms with Crippen molar-refractivity contribution in [3.8, 4) is 5.75 Å². The number of hydrogen-bond acceptors (Lipinski definition) is 3. The minimum atomic E-state index is -0.677. The Hall–Kier alpha value is -2.89. The van der Waals surface area contributed by atoms with Gasteiger partial charge in [-0.1, -0.05) is 48.9 Å². The van der Waals surface area contributed by atoms with E-state index in [1.54, 1.807) is 19.1 Å². The SMILES string of the molecule is CCCNC(=O)C(C)N(Cc1cccc(C)c1)C(=O)COc1ccccc1F. The van der Waals surface area contributed by atoms with Crippen molar-refractivity contribution >= 4 is 11.8 Å². The number of aryl methyl sites for hydroxylation is 1. The summed E-state index contributed by atoms with van der Waals surface area (Å²) in [7, 11) is 0. The molecule has 0 fully saturated rings. The largest absolute Gasteiger partial charge is 0.481 e. The van der Waals surface area contributed by atoms with Crippen LogP contribution in [0.15, 0.2) is 48.5 Å². The van der Waals surface area contributed by atoms with Crippen LogP contribution in [0.3, 0.4) is 0 Å². The average molecular weight is 386 g/mol. The Morgan fingerprint density at radius 2 is 1.93 bits per heavy atom. The molecule has 1 unspecified atom stereocenters. The van der Waals surface area contributed by atoms with Crippen molar-refractivity contribution < 1.29 is 18.7 Å². The summed E-state index contributed by atoms with van der Waals surface area (Å²) < 4.78 is 19.1. The Kier molecular flexibility index (Phi) is 7.99. The zero-order valence-corrected chi connectivity index (χ0v) is 16.6. The molecule has 0 heterocycles. The Morgan fingerprint density at radius 1 is 1.18 bits per heavy atom. The summed E-state index contributed by atoms with van der Waals surface area (Å²) >= 11 is 0. The molecular weight excluding hydrogens is 359 g/mol. The molecule has 1 atom stereocenters. The van der Waals surface area contributed by atoms with E-state index >= 15 is 0 Å². The third-order valence-electron chi connectivity index (χ3n) is 4.34. The van der Waals surface area contributed by atoms with E-state index in [-0.39, 0.29) is 30.7 Å². The molecule has 0 aliphatic heterocycles. The molecule has 0 aliphatic carbocycles. The fourth-order valence-electron chi connectivity index (χ4n) is 2.77. The third-order valence-corrected chi connectivity index (χ3v) is 4.34. The third kappa shape index (κ3) is 6.08. The van der Waals surface area contributed by atoms with Crippen LogP contribution >= 0.6 is 0 Å². The van der Waals surface area contributed by atoms with Gasteiger partial charge in [0.2, 0.25) is 5.91 Å². The van der Waals surface area contributed by atoms with Gasteiger partial charge in [-0.3, -0.25) is 9.59 Å². The maximum absolute atomic E-state index is 13.7. The van der Waals surface area contributed by atoms with Gasteiger partial charge in [-0.2, -0.15) is 0 Å². The monoisotopic (exact) mass is 386 g/mol. The molecule has 0 saturated heterocycles. The molecule has 0 aromatic heterocycles. The Bertz CT molecular complexity index is 810. The number of amides is 2. The van der Waals surface area contributed by atoms with Gasteiger partial charge in [0, 0.05) is 13.1 Å². The number of hydrogen-bond donors (Lipinski definition) is 1. The highest BCUT2D eigenvalue weighted by Gasteiger charge is 2.26. The second-order valence-corrected chi connectivity index (χ2v) is 6.70. The van der Waals surface area contributed by atoms with Crippen LogP contribution in [0.25, 0.3) is 0 Å². The number of nitrogens with zero attached hydrogens (tertiary/aromatic N) is 1. The number of para-hydroxylation sites is 1. The summed E-state index contributed by atoms with van der Waals surface area (Å²) in [4.78, 5) is 26.7. The number of carbonyl (C=O) groups is 2. The molecule has 28 heavy (non-hydrogen) atoms. The highest BCUT2D eigenvalue weighted by molar-refractivity contribution is 5.87. The lowest BCUT2D eigenvalue weighted by atomic mass is 10.1. The van der Waals surface area contributed by atoms with Crippen LogP contribution < -0.4 is 10.1 Å². The summed E-state index contributed by atoms with van der Waals surface area (Å²) in [6.45, 7) is 6.07. The molecule has 0 aliphatic rings. The van der Waals surface area contributed by atoms with Gasteiger partial charge in [0.1, 0.15) is 6.04 Å². The predicted octanol–water partition coefficient (Wildman–Crippen LogP) is 3.46. The van der Waals surface area contributed by atoms with Crippen LogP contribution in [0.2, 0.25) is 0 Å². The first-order valence-electron chi connectivity index (χ1n) is 9.42. The van der Waals surface area contributed by atoms with E-state index in [1.165, 1.54) is 17.0 Å². The van der Waals surface area contributed by atoms with Crippen molar-refractivity contribution in [3.63, 3.8) is 0 Å². The molecule has 6 heteroatoms. The first-order valence-corrected chi connectivity index (χ1v) is 9.42. The lowest BCUT2D eigenvalue weighted by Gasteiger charge is -2.29. The average Bonchev–Trinajstić information content (AvgIpc) is 2.69. The van der Waals surface area contributed by atoms with Gasteiger partial charge in [0.05, 0.1) is 0 Å². The fourth-order valence-corrected chi connectivity index (χ4v) is 2.77. The Morgan fingerprint density at radius 3 is 2.61 bits per heavy atom. The molecule has 2 aromatic carbocycles. The van der Waals surface area contributed by atoms with Gasteiger partial charge in [-0.25, -0.2) is 4.39 Å². The number of ether oxygens (including phenoxy) is 1. The van der Waals surface area contributed by atoms with Gasteiger partial charge < -0.3 is 15.0 Å². The van der Waals surface area contributed by atoms with E-state index in [9.17, 15) is 14.0 Å². The van der Waals surface area contributed by atoms with Crippen LogP contribution in [-0.4, -0.2) is 35.9 Å². The summed E-state index contributed by atoms with van der Waals surface area (Å²) in [5.41, 5.74) is 1.98. The number of nitrogens with one attached hydrogen (secondary N) is 1. The number of rotatable bonds is 9. The number of halogens is 1.